The topological polar surface area (TPSA) is 309 Å². The third kappa shape index (κ3) is 14.9. The number of carbonyl (C=O) groups is 3. The summed E-state index contributed by atoms with van der Waals surface area (Å²) in [6, 6.07) is 0. The molecule has 0 saturated heterocycles. The molecule has 0 aliphatic carbocycles. The Labute approximate surface area is 227 Å². The Morgan fingerprint density at radius 1 is 0.900 bits per heavy atom. The number of aryl methyl sites for hydroxylation is 2. The van der Waals surface area contributed by atoms with Gasteiger partial charge in [-0.15, -0.1) is 0 Å². The van der Waals surface area contributed by atoms with Crippen LogP contribution < -0.4 is 11.1 Å². The summed E-state index contributed by atoms with van der Waals surface area (Å²) in [6.07, 6.45) is 3.19. The Morgan fingerprint density at radius 2 is 1.27 bits per heavy atom. The van der Waals surface area contributed by atoms with Crippen LogP contribution in [-0.2, 0) is 36.2 Å². The minimum absolute atomic E-state index is 0.00278. The van der Waals surface area contributed by atoms with E-state index in [0.717, 1.165) is 0 Å². The molecule has 224 valence electrons. The van der Waals surface area contributed by atoms with E-state index in [9.17, 15) is 33.7 Å². The summed E-state index contributed by atoms with van der Waals surface area (Å²) < 4.78 is 29.3. The van der Waals surface area contributed by atoms with Gasteiger partial charge in [-0.1, -0.05) is 0 Å². The molecule has 10 N–H and O–H groups in total. The molecule has 0 saturated carbocycles. The Balaban J connectivity index is 0.000000605. The van der Waals surface area contributed by atoms with E-state index in [1.54, 1.807) is 0 Å². The monoisotopic (exact) mass is 612 g/mol. The van der Waals surface area contributed by atoms with E-state index in [-0.39, 0.29) is 51.7 Å². The van der Waals surface area contributed by atoms with Crippen LogP contribution >= 0.6 is 15.6 Å². The van der Waals surface area contributed by atoms with Gasteiger partial charge in [0.1, 0.15) is 11.5 Å². The minimum Gasteiger partial charge on any atom is -0.505 e. The summed E-state index contributed by atoms with van der Waals surface area (Å²) >= 11 is 0. The smallest absolute Gasteiger partial charge is 0.469 e. The molecule has 0 radical (unpaired) electrons. The number of aldehydes is 2. The molecule has 0 atom stereocenters. The highest BCUT2D eigenvalue weighted by molar-refractivity contribution is 7.46. The fraction of sp³-hybridized carbons (Fsp3) is 0.350. The molecule has 2 aromatic rings. The number of rotatable bonds is 12. The van der Waals surface area contributed by atoms with Crippen molar-refractivity contribution < 1.29 is 67.5 Å². The van der Waals surface area contributed by atoms with Crippen LogP contribution in [0.3, 0.4) is 0 Å². The maximum atomic E-state index is 10.7. The van der Waals surface area contributed by atoms with Crippen molar-refractivity contribution in [1.82, 2.24) is 15.3 Å². The number of aliphatic carboxylic acids is 1. The highest BCUT2D eigenvalue weighted by Crippen LogP contribution is 2.38. The number of nitrogens with zero attached hydrogens (tertiary/aromatic N) is 2. The number of nitrogens with one attached hydrogen (secondary N) is 1. The summed E-state index contributed by atoms with van der Waals surface area (Å²) in [4.78, 5) is 72.6. The van der Waals surface area contributed by atoms with Gasteiger partial charge in [0, 0.05) is 36.6 Å². The quantitative estimate of drug-likeness (QED) is 0.0840. The summed E-state index contributed by atoms with van der Waals surface area (Å²) in [5, 5.41) is 29.6. The molecule has 0 aromatic carbocycles. The average molecular weight is 612 g/mol. The number of hydrogen-bond donors (Lipinski definition) is 9. The predicted octanol–water partition coefficient (Wildman–Crippen LogP) is -0.346. The SMILES string of the molecule is Cc1ncc(COP(=O)(O)O)c(C=O)c1O.Cc1ncc(COP(=O)(O)O)c(C=O)c1O.NCCNCC(=O)O. The molecule has 0 fully saturated rings. The van der Waals surface area contributed by atoms with Crippen molar-refractivity contribution in [3.8, 4) is 11.5 Å². The van der Waals surface area contributed by atoms with Crippen molar-refractivity contribution in [3.05, 3.63) is 46.0 Å². The first-order valence-corrected chi connectivity index (χ1v) is 13.8. The van der Waals surface area contributed by atoms with Crippen molar-refractivity contribution >= 4 is 34.2 Å². The summed E-state index contributed by atoms with van der Waals surface area (Å²) in [5.74, 6) is -1.48. The minimum atomic E-state index is -4.61. The number of carbonyl (C=O) groups excluding carboxylic acids is 2. The highest BCUT2D eigenvalue weighted by atomic mass is 31.2. The summed E-state index contributed by atoms with van der Waals surface area (Å²) in [6.45, 7) is 3.03. The maximum Gasteiger partial charge on any atom is 0.469 e. The van der Waals surface area contributed by atoms with E-state index in [1.165, 1.54) is 26.2 Å². The number of aromatic hydroxyl groups is 2. The molecular weight excluding hydrogens is 582 g/mol. The van der Waals surface area contributed by atoms with Gasteiger partial charge in [0.05, 0.1) is 42.3 Å². The number of carboxylic acids is 1. The molecule has 2 heterocycles. The van der Waals surface area contributed by atoms with Crippen molar-refractivity contribution in [3.63, 3.8) is 0 Å². The first kappa shape index (κ1) is 36.8. The van der Waals surface area contributed by atoms with E-state index in [0.29, 0.717) is 25.7 Å². The van der Waals surface area contributed by atoms with Crippen LogP contribution in [0.5, 0.6) is 11.5 Å². The lowest BCUT2D eigenvalue weighted by atomic mass is 10.1. The second kappa shape index (κ2) is 17.5. The molecular formula is C20H30N4O14P2. The first-order valence-electron chi connectivity index (χ1n) is 10.7. The molecule has 2 rings (SSSR count). The number of aromatic nitrogens is 2. The van der Waals surface area contributed by atoms with Crippen LogP contribution in [0.4, 0.5) is 0 Å². The third-order valence-corrected chi connectivity index (χ3v) is 5.26. The fourth-order valence-electron chi connectivity index (χ4n) is 2.40. The van der Waals surface area contributed by atoms with Gasteiger partial charge in [0.2, 0.25) is 0 Å². The van der Waals surface area contributed by atoms with Crippen LogP contribution in [-0.4, -0.2) is 83.0 Å². The van der Waals surface area contributed by atoms with Gasteiger partial charge in [-0.05, 0) is 13.8 Å². The zero-order valence-corrected chi connectivity index (χ0v) is 23.0. The zero-order valence-electron chi connectivity index (χ0n) is 21.2. The molecule has 20 heteroatoms. The van der Waals surface area contributed by atoms with Crippen LogP contribution in [0.1, 0.15) is 43.2 Å². The van der Waals surface area contributed by atoms with E-state index >= 15 is 0 Å². The second-order valence-electron chi connectivity index (χ2n) is 7.39. The van der Waals surface area contributed by atoms with Gasteiger partial charge in [0.15, 0.2) is 12.6 Å². The van der Waals surface area contributed by atoms with Gasteiger partial charge >= 0.3 is 21.6 Å². The van der Waals surface area contributed by atoms with Crippen LogP contribution in [0.25, 0.3) is 0 Å². The normalized spacial score (nSPS) is 11.0. The maximum absolute atomic E-state index is 10.7. The van der Waals surface area contributed by atoms with Gasteiger partial charge in [-0.25, -0.2) is 9.13 Å². The predicted molar refractivity (Wildman–Crippen MR) is 135 cm³/mol. The van der Waals surface area contributed by atoms with Crippen molar-refractivity contribution in [2.45, 2.75) is 27.1 Å². The molecule has 2 aromatic heterocycles. The molecule has 0 spiro atoms. The average Bonchev–Trinajstić information content (AvgIpc) is 2.85. The van der Waals surface area contributed by atoms with Gasteiger partial charge in [-0.3, -0.25) is 33.4 Å². The number of phosphoric acid groups is 2. The van der Waals surface area contributed by atoms with Gasteiger partial charge < -0.3 is 45.9 Å². The number of carboxylic acid groups (broad SMARTS) is 1. The number of hydrogen-bond acceptors (Lipinski definition) is 13. The summed E-state index contributed by atoms with van der Waals surface area (Å²) in [5.41, 5.74) is 5.62. The standard InChI is InChI=1S/2C8H10NO6P.C4H10N2O2/c2*1-5-8(11)7(3-10)6(2-9-5)4-15-16(12,13)14;5-1-2-6-3-4(7)8/h2*2-3,11H,4H2,1H3,(H2,12,13,14);6H,1-3,5H2,(H,7,8). The van der Waals surface area contributed by atoms with Crippen molar-refractivity contribution in [1.29, 1.82) is 0 Å². The van der Waals surface area contributed by atoms with Crippen molar-refractivity contribution in [2.75, 3.05) is 19.6 Å². The van der Waals surface area contributed by atoms with Gasteiger partial charge in [-0.2, -0.15) is 0 Å². The fourth-order valence-corrected chi connectivity index (χ4v) is 3.02. The van der Waals surface area contributed by atoms with E-state index in [4.69, 9.17) is 30.4 Å². The molecule has 18 nitrogen and oxygen atoms in total. The van der Waals surface area contributed by atoms with Crippen molar-refractivity contribution in [2.24, 2.45) is 5.73 Å². The second-order valence-corrected chi connectivity index (χ2v) is 9.86. The Morgan fingerprint density at radius 3 is 1.55 bits per heavy atom. The largest absolute Gasteiger partial charge is 0.505 e. The van der Waals surface area contributed by atoms with E-state index in [2.05, 4.69) is 24.3 Å². The molecule has 0 aliphatic heterocycles. The van der Waals surface area contributed by atoms with Crippen LogP contribution in [0, 0.1) is 13.8 Å². The first-order chi connectivity index (χ1) is 18.5. The van der Waals surface area contributed by atoms with Crippen LogP contribution in [0.15, 0.2) is 12.4 Å². The van der Waals surface area contributed by atoms with Crippen LogP contribution in [0.2, 0.25) is 0 Å². The number of pyridine rings is 2. The Kier molecular flexibility index (Phi) is 16.1. The van der Waals surface area contributed by atoms with Gasteiger partial charge in [0.25, 0.3) is 0 Å². The lowest BCUT2D eigenvalue weighted by Crippen LogP contribution is -2.27. The highest BCUT2D eigenvalue weighted by Gasteiger charge is 2.18. The number of phosphoric ester groups is 2. The summed E-state index contributed by atoms with van der Waals surface area (Å²) in [7, 11) is -9.23. The van der Waals surface area contributed by atoms with E-state index in [1.807, 2.05) is 0 Å². The zero-order chi connectivity index (χ0) is 31.1. The molecule has 0 unspecified atom stereocenters. The third-order valence-electron chi connectivity index (χ3n) is 4.33. The molecule has 40 heavy (non-hydrogen) atoms. The Hall–Kier alpha value is -3.15. The molecule has 0 amide bonds. The molecule has 0 bridgehead atoms. The number of nitrogens with two attached hydrogens (primary N) is 1. The lowest BCUT2D eigenvalue weighted by molar-refractivity contribution is -0.135. The Bertz CT molecular complexity index is 1160. The molecule has 0 aliphatic rings. The lowest BCUT2D eigenvalue weighted by Gasteiger charge is -2.09. The van der Waals surface area contributed by atoms with E-state index < -0.39 is 34.8 Å².